The number of unbranched alkanes of at least 4 members (excludes halogenated alkanes) is 4. The number of para-hydroxylation sites is 1. The fraction of sp³-hybridized carbons (Fsp3) is 0.462. The number of fused-ring (bicyclic) bond motifs is 1. The molecule has 1 N–H and O–H groups in total. The zero-order valence-electron chi connectivity index (χ0n) is 19.4. The van der Waals surface area contributed by atoms with E-state index < -0.39 is 0 Å². The molecule has 33 heavy (non-hydrogen) atoms. The first kappa shape index (κ1) is 27.7. The van der Waals surface area contributed by atoms with E-state index in [-0.39, 0.29) is 22.9 Å². The van der Waals surface area contributed by atoms with Gasteiger partial charge in [-0.2, -0.15) is 5.10 Å². The van der Waals surface area contributed by atoms with Crippen LogP contribution in [0.4, 0.5) is 0 Å². The zero-order valence-corrected chi connectivity index (χ0v) is 22.5. The average Bonchev–Trinajstić information content (AvgIpc) is 3.16. The predicted molar refractivity (Wildman–Crippen MR) is 135 cm³/mol. The molecule has 0 aliphatic carbocycles. The molecule has 1 unspecified atom stereocenters. The number of benzene rings is 2. The molecule has 3 rings (SSSR count). The van der Waals surface area contributed by atoms with Gasteiger partial charge in [-0.3, -0.25) is 9.48 Å². The van der Waals surface area contributed by atoms with Crippen LogP contribution in [0.25, 0.3) is 10.9 Å². The minimum absolute atomic E-state index is 0. The zero-order chi connectivity index (χ0) is 22.9. The molecule has 7 heteroatoms. The van der Waals surface area contributed by atoms with Crippen LogP contribution in [-0.2, 0) is 6.54 Å². The summed E-state index contributed by atoms with van der Waals surface area (Å²) in [4.78, 5) is 13.0. The van der Waals surface area contributed by atoms with Gasteiger partial charge in [-0.1, -0.05) is 99.8 Å². The van der Waals surface area contributed by atoms with Gasteiger partial charge in [0.2, 0.25) is 0 Å². The fourth-order valence-corrected chi connectivity index (χ4v) is 4.50. The van der Waals surface area contributed by atoms with Gasteiger partial charge in [-0.15, -0.1) is 0 Å². The van der Waals surface area contributed by atoms with Crippen LogP contribution in [0.2, 0.25) is 10.0 Å². The van der Waals surface area contributed by atoms with Crippen molar-refractivity contribution in [2.75, 3.05) is 6.54 Å². The molecule has 180 valence electrons. The van der Waals surface area contributed by atoms with Crippen molar-refractivity contribution >= 4 is 40.0 Å². The number of nitrogens with zero attached hydrogens (tertiary/aromatic N) is 2. The van der Waals surface area contributed by atoms with Gasteiger partial charge in [0.15, 0.2) is 5.69 Å². The van der Waals surface area contributed by atoms with Crippen LogP contribution < -0.4 is 22.3 Å². The number of halogens is 3. The number of carbonyl (C=O) groups excluding carboxylic acids is 1. The number of carbonyl (C=O) groups is 1. The van der Waals surface area contributed by atoms with Crippen molar-refractivity contribution in [3.05, 3.63) is 63.8 Å². The van der Waals surface area contributed by atoms with Crippen LogP contribution in [0.3, 0.4) is 0 Å². The molecule has 1 heterocycles. The summed E-state index contributed by atoms with van der Waals surface area (Å²) in [6.45, 7) is 5.59. The topological polar surface area (TPSA) is 46.9 Å². The molecule has 0 spiro atoms. The Morgan fingerprint density at radius 3 is 2.55 bits per heavy atom. The molecule has 0 saturated heterocycles. The van der Waals surface area contributed by atoms with E-state index in [2.05, 4.69) is 24.3 Å². The highest BCUT2D eigenvalue weighted by molar-refractivity contribution is 6.35. The summed E-state index contributed by atoms with van der Waals surface area (Å²) in [6, 6.07) is 13.3. The average molecular weight is 554 g/mol. The smallest absolute Gasteiger partial charge is 0.272 e. The molecular formula is C26H33BrCl2N3O-. The number of hydrogen-bond acceptors (Lipinski definition) is 2. The van der Waals surface area contributed by atoms with Crippen molar-refractivity contribution < 1.29 is 21.8 Å². The third kappa shape index (κ3) is 7.73. The van der Waals surface area contributed by atoms with Crippen molar-refractivity contribution in [2.45, 2.75) is 65.3 Å². The minimum atomic E-state index is -0.119. The summed E-state index contributed by atoms with van der Waals surface area (Å²) in [5, 5.41) is 9.83. The second-order valence-electron chi connectivity index (χ2n) is 8.45. The van der Waals surface area contributed by atoms with Crippen LogP contribution in [0.15, 0.2) is 42.5 Å². The van der Waals surface area contributed by atoms with Crippen LogP contribution >= 0.6 is 23.2 Å². The summed E-state index contributed by atoms with van der Waals surface area (Å²) >= 11 is 12.4. The van der Waals surface area contributed by atoms with Gasteiger partial charge in [0.1, 0.15) is 0 Å². The van der Waals surface area contributed by atoms with Crippen molar-refractivity contribution in [1.82, 2.24) is 15.1 Å². The number of hydrogen-bond donors (Lipinski definition) is 1. The fourth-order valence-electron chi connectivity index (χ4n) is 4.03. The monoisotopic (exact) mass is 552 g/mol. The van der Waals surface area contributed by atoms with Gasteiger partial charge in [0.05, 0.1) is 12.1 Å². The highest BCUT2D eigenvalue weighted by atomic mass is 79.9. The lowest BCUT2D eigenvalue weighted by Crippen LogP contribution is -3.00. The molecule has 2 aromatic carbocycles. The Bertz CT molecular complexity index is 1040. The van der Waals surface area contributed by atoms with E-state index in [0.29, 0.717) is 34.7 Å². The molecule has 1 amide bonds. The largest absolute Gasteiger partial charge is 1.00 e. The Balaban J connectivity index is 0.00000385. The van der Waals surface area contributed by atoms with E-state index in [1.807, 2.05) is 41.1 Å². The Hall–Kier alpha value is -1.56. The molecule has 3 aromatic rings. The van der Waals surface area contributed by atoms with Crippen LogP contribution in [0.1, 0.15) is 74.8 Å². The molecule has 4 nitrogen and oxygen atoms in total. The summed E-state index contributed by atoms with van der Waals surface area (Å²) in [6.07, 6.45) is 8.61. The van der Waals surface area contributed by atoms with Gasteiger partial charge in [-0.25, -0.2) is 0 Å². The van der Waals surface area contributed by atoms with Gasteiger partial charge >= 0.3 is 0 Å². The van der Waals surface area contributed by atoms with E-state index in [9.17, 15) is 4.79 Å². The van der Waals surface area contributed by atoms with Crippen molar-refractivity contribution in [3.8, 4) is 0 Å². The van der Waals surface area contributed by atoms with Crippen LogP contribution in [-0.4, -0.2) is 22.2 Å². The first-order chi connectivity index (χ1) is 15.5. The lowest BCUT2D eigenvalue weighted by Gasteiger charge is -2.15. The first-order valence-corrected chi connectivity index (χ1v) is 12.5. The van der Waals surface area contributed by atoms with E-state index in [1.54, 1.807) is 6.07 Å². The van der Waals surface area contributed by atoms with Gasteiger partial charge in [0.25, 0.3) is 5.91 Å². The number of nitrogens with one attached hydrogen (secondary N) is 1. The number of aromatic nitrogens is 2. The van der Waals surface area contributed by atoms with Gasteiger partial charge in [0, 0.05) is 22.0 Å². The first-order valence-electron chi connectivity index (χ1n) is 11.7. The van der Waals surface area contributed by atoms with Crippen molar-refractivity contribution in [1.29, 1.82) is 0 Å². The Labute approximate surface area is 217 Å². The quantitative estimate of drug-likeness (QED) is 0.335. The van der Waals surface area contributed by atoms with Gasteiger partial charge in [-0.05, 0) is 36.1 Å². The second-order valence-corrected chi connectivity index (χ2v) is 9.29. The summed E-state index contributed by atoms with van der Waals surface area (Å²) < 4.78 is 1.84. The summed E-state index contributed by atoms with van der Waals surface area (Å²) in [7, 11) is 0. The molecular weight excluding hydrogens is 521 g/mol. The van der Waals surface area contributed by atoms with E-state index in [1.165, 1.54) is 32.1 Å². The molecule has 0 radical (unpaired) electrons. The summed E-state index contributed by atoms with van der Waals surface area (Å²) in [5.41, 5.74) is 2.28. The third-order valence-electron chi connectivity index (χ3n) is 6.05. The Morgan fingerprint density at radius 1 is 1.06 bits per heavy atom. The van der Waals surface area contributed by atoms with E-state index in [0.717, 1.165) is 29.3 Å². The lowest BCUT2D eigenvalue weighted by molar-refractivity contribution is -0.0000148. The van der Waals surface area contributed by atoms with Crippen molar-refractivity contribution in [2.24, 2.45) is 5.92 Å². The standard InChI is InChI=1S/C26H33Cl2N3O.BrH/c1-3-5-6-7-8-11-19(4-2)17-29-26(32)25-22-12-9-10-13-24(22)31(30-25)18-20-14-15-21(27)16-23(20)28;/h9-10,12-16,19H,3-8,11,17-18H2,1-2H3,(H,29,32);1H/p-1. The highest BCUT2D eigenvalue weighted by Gasteiger charge is 2.18. The van der Waals surface area contributed by atoms with Crippen LogP contribution in [0, 0.1) is 5.92 Å². The highest BCUT2D eigenvalue weighted by Crippen LogP contribution is 2.25. The summed E-state index contributed by atoms with van der Waals surface area (Å²) in [5.74, 6) is 0.383. The molecule has 0 saturated carbocycles. The second kappa shape index (κ2) is 14.0. The Morgan fingerprint density at radius 2 is 1.82 bits per heavy atom. The predicted octanol–water partition coefficient (Wildman–Crippen LogP) is 4.51. The number of rotatable bonds is 12. The Kier molecular flexibility index (Phi) is 11.7. The molecule has 1 aromatic heterocycles. The molecule has 0 fully saturated rings. The minimum Gasteiger partial charge on any atom is -1.00 e. The normalized spacial score (nSPS) is 11.9. The maximum atomic E-state index is 13.0. The molecule has 1 atom stereocenters. The van der Waals surface area contributed by atoms with E-state index >= 15 is 0 Å². The van der Waals surface area contributed by atoms with Crippen molar-refractivity contribution in [3.63, 3.8) is 0 Å². The lowest BCUT2D eigenvalue weighted by atomic mass is 9.98. The number of amides is 1. The maximum Gasteiger partial charge on any atom is 0.272 e. The maximum absolute atomic E-state index is 13.0. The van der Waals surface area contributed by atoms with Gasteiger partial charge < -0.3 is 22.3 Å². The van der Waals surface area contributed by atoms with Crippen LogP contribution in [0.5, 0.6) is 0 Å². The molecule has 0 aliphatic heterocycles. The SMILES string of the molecule is CCCCCCCC(CC)CNC(=O)c1nn(Cc2ccc(Cl)cc2Cl)c2ccccc12.[Br-]. The molecule has 0 bridgehead atoms. The third-order valence-corrected chi connectivity index (χ3v) is 6.64. The van der Waals surface area contributed by atoms with E-state index in [4.69, 9.17) is 23.2 Å². The molecule has 0 aliphatic rings.